The molecule has 5 nitrogen and oxygen atoms in total. The Morgan fingerprint density at radius 3 is 2.76 bits per heavy atom. The second-order valence-electron chi connectivity index (χ2n) is 4.17. The molecule has 0 aliphatic rings. The number of hydrogen-bond donors (Lipinski definition) is 1. The smallest absolute Gasteiger partial charge is 0.405 e. The van der Waals surface area contributed by atoms with E-state index < -0.39 is 6.36 Å². The van der Waals surface area contributed by atoms with Gasteiger partial charge in [-0.05, 0) is 17.7 Å². The molecule has 8 heteroatoms. The molecule has 1 heterocycles. The number of benzene rings is 1. The van der Waals surface area contributed by atoms with Gasteiger partial charge in [-0.25, -0.2) is 0 Å². The van der Waals surface area contributed by atoms with Crippen LogP contribution in [0, 0.1) is 11.3 Å². The van der Waals surface area contributed by atoms with Crippen molar-refractivity contribution in [3.63, 3.8) is 0 Å². The van der Waals surface area contributed by atoms with Crippen molar-refractivity contribution in [1.29, 1.82) is 5.26 Å². The van der Waals surface area contributed by atoms with Gasteiger partial charge in [-0.15, -0.1) is 13.2 Å². The number of aromatic nitrogens is 2. The van der Waals surface area contributed by atoms with Crippen molar-refractivity contribution >= 4 is 0 Å². The summed E-state index contributed by atoms with van der Waals surface area (Å²) in [5.74, 6) is -0.337. The van der Waals surface area contributed by atoms with Crippen molar-refractivity contribution in [3.05, 3.63) is 36.2 Å². The van der Waals surface area contributed by atoms with E-state index in [1.165, 1.54) is 35.3 Å². The van der Waals surface area contributed by atoms with E-state index in [0.717, 1.165) is 0 Å². The summed E-state index contributed by atoms with van der Waals surface area (Å²) in [6.45, 7) is 0.192. The van der Waals surface area contributed by atoms with E-state index in [9.17, 15) is 13.2 Å². The zero-order valence-corrected chi connectivity index (χ0v) is 10.8. The monoisotopic (exact) mass is 296 g/mol. The third kappa shape index (κ3) is 3.73. The number of rotatable bonds is 4. The van der Waals surface area contributed by atoms with Crippen LogP contribution in [0.3, 0.4) is 0 Å². The Balaban J connectivity index is 2.45. The number of nitrogens with zero attached hydrogens (tertiary/aromatic N) is 3. The summed E-state index contributed by atoms with van der Waals surface area (Å²) < 4.78 is 42.6. The molecule has 0 saturated carbocycles. The van der Waals surface area contributed by atoms with Crippen LogP contribution < -0.4 is 10.5 Å². The molecule has 0 bridgehead atoms. The SMILES string of the molecule is N#CCn1cc(-c2cc(CN)ccc2OC(F)(F)F)cn1. The third-order valence-electron chi connectivity index (χ3n) is 2.68. The van der Waals surface area contributed by atoms with Crippen molar-refractivity contribution in [2.24, 2.45) is 5.73 Å². The van der Waals surface area contributed by atoms with Crippen LogP contribution in [0.2, 0.25) is 0 Å². The van der Waals surface area contributed by atoms with Crippen LogP contribution in [0.15, 0.2) is 30.6 Å². The van der Waals surface area contributed by atoms with E-state index in [2.05, 4.69) is 9.84 Å². The number of hydrogen-bond acceptors (Lipinski definition) is 4. The highest BCUT2D eigenvalue weighted by Crippen LogP contribution is 2.34. The summed E-state index contributed by atoms with van der Waals surface area (Å²) in [6.07, 6.45) is -1.94. The second kappa shape index (κ2) is 5.85. The van der Waals surface area contributed by atoms with Gasteiger partial charge in [0.25, 0.3) is 0 Å². The molecular weight excluding hydrogens is 285 g/mol. The van der Waals surface area contributed by atoms with Crippen LogP contribution in [0.5, 0.6) is 5.75 Å². The van der Waals surface area contributed by atoms with Gasteiger partial charge in [-0.3, -0.25) is 4.68 Å². The maximum absolute atomic E-state index is 12.4. The Labute approximate surface area is 118 Å². The maximum atomic E-state index is 12.4. The van der Waals surface area contributed by atoms with Gasteiger partial charge < -0.3 is 10.5 Å². The zero-order chi connectivity index (χ0) is 15.5. The Bertz CT molecular complexity index is 673. The Kier molecular flexibility index (Phi) is 4.14. The minimum atomic E-state index is -4.79. The summed E-state index contributed by atoms with van der Waals surface area (Å²) in [6, 6.07) is 6.08. The molecule has 0 saturated heterocycles. The summed E-state index contributed by atoms with van der Waals surface area (Å²) in [7, 11) is 0. The fourth-order valence-corrected chi connectivity index (χ4v) is 1.80. The number of nitrogens with two attached hydrogens (primary N) is 1. The lowest BCUT2D eigenvalue weighted by atomic mass is 10.0. The van der Waals surface area contributed by atoms with Gasteiger partial charge in [0.05, 0.1) is 12.3 Å². The quantitative estimate of drug-likeness (QED) is 0.940. The highest BCUT2D eigenvalue weighted by Gasteiger charge is 2.32. The number of halogens is 3. The molecule has 2 aromatic rings. The summed E-state index contributed by atoms with van der Waals surface area (Å²) in [5, 5.41) is 12.5. The zero-order valence-electron chi connectivity index (χ0n) is 10.8. The predicted molar refractivity (Wildman–Crippen MR) is 67.9 cm³/mol. The van der Waals surface area contributed by atoms with Crippen LogP contribution >= 0.6 is 0 Å². The molecule has 21 heavy (non-hydrogen) atoms. The van der Waals surface area contributed by atoms with Gasteiger partial charge in [0.1, 0.15) is 12.3 Å². The Morgan fingerprint density at radius 1 is 1.38 bits per heavy atom. The fourth-order valence-electron chi connectivity index (χ4n) is 1.80. The highest BCUT2D eigenvalue weighted by molar-refractivity contribution is 5.70. The first-order valence-electron chi connectivity index (χ1n) is 5.91. The average molecular weight is 296 g/mol. The molecule has 1 aromatic heterocycles. The standard InChI is InChI=1S/C13H11F3N4O/c14-13(15,16)21-12-2-1-9(6-18)5-11(12)10-7-19-20(8-10)4-3-17/h1-2,5,7-8H,4,6,18H2. The van der Waals surface area contributed by atoms with E-state index in [0.29, 0.717) is 11.1 Å². The summed E-state index contributed by atoms with van der Waals surface area (Å²) in [5.41, 5.74) is 6.80. The Hall–Kier alpha value is -2.53. The van der Waals surface area contributed by atoms with Crippen molar-refractivity contribution in [3.8, 4) is 22.9 Å². The van der Waals surface area contributed by atoms with E-state index in [1.807, 2.05) is 6.07 Å². The van der Waals surface area contributed by atoms with Crippen molar-refractivity contribution in [1.82, 2.24) is 9.78 Å². The number of ether oxygens (including phenoxy) is 1. The lowest BCUT2D eigenvalue weighted by Crippen LogP contribution is -2.17. The van der Waals surface area contributed by atoms with E-state index in [4.69, 9.17) is 11.0 Å². The molecule has 0 atom stereocenters. The van der Waals surface area contributed by atoms with Gasteiger partial charge in [0, 0.05) is 23.9 Å². The van der Waals surface area contributed by atoms with E-state index in [-0.39, 0.29) is 24.4 Å². The topological polar surface area (TPSA) is 76.9 Å². The van der Waals surface area contributed by atoms with Gasteiger partial charge >= 0.3 is 6.36 Å². The molecular formula is C13H11F3N4O. The number of alkyl halides is 3. The molecule has 0 radical (unpaired) electrons. The second-order valence-corrected chi connectivity index (χ2v) is 4.17. The van der Waals surface area contributed by atoms with E-state index >= 15 is 0 Å². The molecule has 0 aliphatic heterocycles. The first-order valence-corrected chi connectivity index (χ1v) is 5.91. The summed E-state index contributed by atoms with van der Waals surface area (Å²) >= 11 is 0. The van der Waals surface area contributed by atoms with Crippen molar-refractivity contribution < 1.29 is 17.9 Å². The minimum absolute atomic E-state index is 0.00599. The molecule has 2 rings (SSSR count). The first kappa shape index (κ1) is 14.9. The van der Waals surface area contributed by atoms with Crippen LogP contribution in [0.1, 0.15) is 5.56 Å². The van der Waals surface area contributed by atoms with E-state index in [1.54, 1.807) is 0 Å². The molecule has 0 amide bonds. The third-order valence-corrected chi connectivity index (χ3v) is 2.68. The molecule has 110 valence electrons. The fraction of sp³-hybridized carbons (Fsp3) is 0.231. The largest absolute Gasteiger partial charge is 0.573 e. The Morgan fingerprint density at radius 2 is 2.14 bits per heavy atom. The normalized spacial score (nSPS) is 11.2. The van der Waals surface area contributed by atoms with Gasteiger partial charge in [0.2, 0.25) is 0 Å². The first-order chi connectivity index (χ1) is 9.93. The molecule has 0 aliphatic carbocycles. The molecule has 0 fully saturated rings. The van der Waals surface area contributed by atoms with Crippen LogP contribution in [0.25, 0.3) is 11.1 Å². The van der Waals surface area contributed by atoms with Crippen LogP contribution in [0.4, 0.5) is 13.2 Å². The minimum Gasteiger partial charge on any atom is -0.405 e. The lowest BCUT2D eigenvalue weighted by molar-refractivity contribution is -0.274. The van der Waals surface area contributed by atoms with Gasteiger partial charge in [-0.1, -0.05) is 6.07 Å². The van der Waals surface area contributed by atoms with Crippen LogP contribution in [-0.4, -0.2) is 16.1 Å². The van der Waals surface area contributed by atoms with Crippen LogP contribution in [-0.2, 0) is 13.1 Å². The molecule has 1 aromatic carbocycles. The maximum Gasteiger partial charge on any atom is 0.573 e. The van der Waals surface area contributed by atoms with Crippen molar-refractivity contribution in [2.45, 2.75) is 19.5 Å². The molecule has 0 spiro atoms. The van der Waals surface area contributed by atoms with Crippen molar-refractivity contribution in [2.75, 3.05) is 0 Å². The number of nitriles is 1. The molecule has 0 unspecified atom stereocenters. The lowest BCUT2D eigenvalue weighted by Gasteiger charge is -2.13. The average Bonchev–Trinajstić information content (AvgIpc) is 2.86. The molecule has 2 N–H and O–H groups in total. The van der Waals surface area contributed by atoms with Gasteiger partial charge in [0.15, 0.2) is 0 Å². The predicted octanol–water partition coefficient (Wildman–Crippen LogP) is 2.43. The highest BCUT2D eigenvalue weighted by atomic mass is 19.4. The summed E-state index contributed by atoms with van der Waals surface area (Å²) in [4.78, 5) is 0. The van der Waals surface area contributed by atoms with Gasteiger partial charge in [-0.2, -0.15) is 10.4 Å².